The Morgan fingerprint density at radius 3 is 1.23 bits per heavy atom. The van der Waals surface area contributed by atoms with Crippen molar-refractivity contribution in [1.29, 1.82) is 0 Å². The molecule has 20 heteroatoms. The molecule has 0 saturated heterocycles. The average molecular weight is 549 g/mol. The van der Waals surface area contributed by atoms with Crippen LogP contribution in [0.3, 0.4) is 0 Å². The first-order chi connectivity index (χ1) is 9.83. The topological polar surface area (TPSA) is 172 Å². The van der Waals surface area contributed by atoms with Crippen LogP contribution in [0.4, 0.5) is 0 Å². The Morgan fingerprint density at radius 1 is 0.533 bits per heavy atom. The van der Waals surface area contributed by atoms with Gasteiger partial charge >= 0.3 is 236 Å². The van der Waals surface area contributed by atoms with E-state index >= 15 is 0 Å². The van der Waals surface area contributed by atoms with E-state index in [0.29, 0.717) is 6.07 Å². The first kappa shape index (κ1) is 52.8. The zero-order chi connectivity index (χ0) is 16.9. The molecule has 0 aromatic heterocycles. The fourth-order valence-electron chi connectivity index (χ4n) is 1.94. The van der Waals surface area contributed by atoms with E-state index < -0.39 is 50.4 Å². The average Bonchev–Trinajstić information content (AvgIpc) is 2.33. The largest absolute Gasteiger partial charge is 1.00 e. The Balaban J connectivity index is -0.000000132. The molecule has 2 aromatic carbocycles. The second-order valence-corrected chi connectivity index (χ2v) is 8.10. The maximum absolute atomic E-state index is 11.3. The Morgan fingerprint density at radius 2 is 0.900 bits per heavy atom. The summed E-state index contributed by atoms with van der Waals surface area (Å²) in [7, 11) is -16.8. The molecule has 0 aliphatic carbocycles. The van der Waals surface area contributed by atoms with Crippen LogP contribution in [-0.2, 0) is 30.4 Å². The van der Waals surface area contributed by atoms with Crippen molar-refractivity contribution in [1.82, 2.24) is 0 Å². The molecule has 2 aromatic rings. The van der Waals surface area contributed by atoms with Crippen LogP contribution in [0, 0.1) is 0 Å². The molecule has 0 amide bonds. The van der Waals surface area contributed by atoms with Gasteiger partial charge in [0, 0.05) is 5.39 Å². The van der Waals surface area contributed by atoms with Crippen LogP contribution in [0.5, 0.6) is 0 Å². The van der Waals surface area contributed by atoms with Gasteiger partial charge in [0.05, 0.1) is 14.7 Å². The Labute approximate surface area is 352 Å². The molecule has 0 spiro atoms. The van der Waals surface area contributed by atoms with Gasteiger partial charge in [0.1, 0.15) is 30.4 Å². The fourth-order valence-corrected chi connectivity index (χ4v) is 5.27. The summed E-state index contributed by atoms with van der Waals surface area (Å²) in [6, 6.07) is 5.27. The summed E-state index contributed by atoms with van der Waals surface area (Å²) in [5, 5.41) is -0.668. The van der Waals surface area contributed by atoms with E-state index in [9.17, 15) is 38.9 Å². The molecule has 0 aliphatic rings. The Kier molecular flexibility index (Phi) is 37.4. The molecule has 2 rings (SSSR count). The molecule has 0 aliphatic heterocycles. The summed E-state index contributed by atoms with van der Waals surface area (Å²) in [5.74, 6) is 0. The second-order valence-electron chi connectivity index (χ2n) is 4.12. The monoisotopic (exact) mass is 549 g/mol. The molecule has 120 valence electrons. The van der Waals surface area contributed by atoms with Gasteiger partial charge in [-0.1, -0.05) is 24.3 Å². The summed E-state index contributed by atoms with van der Waals surface area (Å²) < 4.78 is 101. The molecule has 0 bridgehead atoms. The molecule has 30 heavy (non-hydrogen) atoms. The van der Waals surface area contributed by atoms with Crippen LogP contribution in [0.15, 0.2) is 45.0 Å². The van der Waals surface area contributed by atoms with E-state index in [1.54, 1.807) is 0 Å². The zero-order valence-corrected chi connectivity index (χ0v) is 36.7. The third-order valence-electron chi connectivity index (χ3n) is 2.69. The van der Waals surface area contributed by atoms with Crippen molar-refractivity contribution >= 4 is 41.1 Å². The summed E-state index contributed by atoms with van der Waals surface area (Å²) in [5.41, 5.74) is 0. The molecule has 0 radical (unpaired) electrons. The van der Waals surface area contributed by atoms with Gasteiger partial charge in [-0.2, -0.15) is 0 Å². The number of benzene rings is 2. The summed E-state index contributed by atoms with van der Waals surface area (Å²) in [4.78, 5) is -4.97. The van der Waals surface area contributed by atoms with Crippen LogP contribution < -0.4 is 236 Å². The molecule has 0 unspecified atom stereocenters. The van der Waals surface area contributed by atoms with E-state index in [0.717, 1.165) is 12.1 Å². The standard InChI is InChI=1S/C10H8O9S3.8Na/c11-20(12,13)8-5-6-3-1-2-4-7(6)9(21(14,15)16)10(8)22(17,18)19;;;;;;;;/h1-5H,(H,11,12,13)(H,14,15,16)(H,17,18,19);;;;;;;;/q;8*+1/p-3. The van der Waals surface area contributed by atoms with Crippen LogP contribution in [0.25, 0.3) is 10.8 Å². The SMILES string of the molecule is O=S(=O)([O-])c1cc2ccccc2c(S(=O)(=O)[O-])c1S(=O)(=O)[O-].[Na+].[Na+].[Na+].[Na+].[Na+].[Na+].[Na+].[Na+]. The first-order valence-corrected chi connectivity index (χ1v) is 9.49. The molecule has 0 N–H and O–H groups in total. The molecular weight excluding hydrogens is 544 g/mol. The van der Waals surface area contributed by atoms with Crippen molar-refractivity contribution in [2.45, 2.75) is 14.7 Å². The minimum Gasteiger partial charge on any atom is -0.744 e. The van der Waals surface area contributed by atoms with E-state index in [1.807, 2.05) is 0 Å². The van der Waals surface area contributed by atoms with Gasteiger partial charge in [0.25, 0.3) is 0 Å². The van der Waals surface area contributed by atoms with Gasteiger partial charge in [-0.3, -0.25) is 0 Å². The van der Waals surface area contributed by atoms with E-state index in [2.05, 4.69) is 0 Å². The molecular formula is C10H5Na8O9S3+5. The van der Waals surface area contributed by atoms with Gasteiger partial charge < -0.3 is 13.7 Å². The van der Waals surface area contributed by atoms with Gasteiger partial charge in [-0.05, 0) is 11.5 Å². The van der Waals surface area contributed by atoms with Gasteiger partial charge in [0.15, 0.2) is 0 Å². The summed E-state index contributed by atoms with van der Waals surface area (Å²) in [6.45, 7) is 0. The van der Waals surface area contributed by atoms with Crippen molar-refractivity contribution in [3.63, 3.8) is 0 Å². The van der Waals surface area contributed by atoms with Crippen LogP contribution in [0.2, 0.25) is 0 Å². The van der Waals surface area contributed by atoms with Crippen LogP contribution in [-0.4, -0.2) is 38.9 Å². The minimum absolute atomic E-state index is 0. The maximum Gasteiger partial charge on any atom is 1.00 e. The van der Waals surface area contributed by atoms with E-state index in [4.69, 9.17) is 0 Å². The second kappa shape index (κ2) is 21.3. The first-order valence-electron chi connectivity index (χ1n) is 5.27. The van der Waals surface area contributed by atoms with Crippen molar-refractivity contribution in [2.24, 2.45) is 0 Å². The van der Waals surface area contributed by atoms with Crippen LogP contribution in [0.1, 0.15) is 0 Å². The number of hydrogen-bond donors (Lipinski definition) is 0. The predicted molar refractivity (Wildman–Crippen MR) is 67.8 cm³/mol. The maximum atomic E-state index is 11.3. The molecule has 0 fully saturated rings. The fraction of sp³-hybridized carbons (Fsp3) is 0. The smallest absolute Gasteiger partial charge is 0.744 e. The van der Waals surface area contributed by atoms with Gasteiger partial charge in [-0.15, -0.1) is 0 Å². The van der Waals surface area contributed by atoms with Gasteiger partial charge in [-0.25, -0.2) is 25.3 Å². The summed E-state index contributed by atoms with van der Waals surface area (Å²) >= 11 is 0. The zero-order valence-electron chi connectivity index (χ0n) is 18.3. The van der Waals surface area contributed by atoms with Crippen molar-refractivity contribution in [2.75, 3.05) is 0 Å². The summed E-state index contributed by atoms with van der Waals surface area (Å²) in [6.07, 6.45) is 0. The normalized spacial score (nSPS) is 9.83. The molecule has 0 heterocycles. The number of fused-ring (bicyclic) bond motifs is 1. The number of rotatable bonds is 3. The third-order valence-corrected chi connectivity index (χ3v) is 5.66. The van der Waals surface area contributed by atoms with Crippen molar-refractivity contribution in [3.8, 4) is 0 Å². The van der Waals surface area contributed by atoms with Crippen molar-refractivity contribution in [3.05, 3.63) is 30.3 Å². The third kappa shape index (κ3) is 14.5. The van der Waals surface area contributed by atoms with Gasteiger partial charge in [0.2, 0.25) is 0 Å². The predicted octanol–water partition coefficient (Wildman–Crippen LogP) is -24.4. The van der Waals surface area contributed by atoms with E-state index in [-0.39, 0.29) is 242 Å². The van der Waals surface area contributed by atoms with Crippen LogP contribution >= 0.6 is 0 Å². The van der Waals surface area contributed by atoms with E-state index in [1.165, 1.54) is 12.1 Å². The molecule has 0 atom stereocenters. The van der Waals surface area contributed by atoms with Crippen molar-refractivity contribution < 1.29 is 275 Å². The Hall–Kier alpha value is 6.43. The minimum atomic E-state index is -5.73. The molecule has 9 nitrogen and oxygen atoms in total. The number of hydrogen-bond acceptors (Lipinski definition) is 9. The Bertz CT molecular complexity index is 1110. The quantitative estimate of drug-likeness (QED) is 0.266. The molecule has 0 saturated carbocycles.